The molecule has 0 bridgehead atoms. The quantitative estimate of drug-likeness (QED) is 0.479. The molecule has 0 unspecified atom stereocenters. The van der Waals surface area contributed by atoms with Gasteiger partial charge in [0.25, 0.3) is 0 Å². The second-order valence-electron chi connectivity index (χ2n) is 8.61. The summed E-state index contributed by atoms with van der Waals surface area (Å²) in [5.74, 6) is 0. The fourth-order valence-corrected chi connectivity index (χ4v) is 4.59. The van der Waals surface area contributed by atoms with Crippen LogP contribution in [0.15, 0.2) is 91.0 Å². The van der Waals surface area contributed by atoms with Gasteiger partial charge in [-0.2, -0.15) is 0 Å². The van der Waals surface area contributed by atoms with Gasteiger partial charge in [0.05, 0.1) is 0 Å². The molecule has 0 spiro atoms. The van der Waals surface area contributed by atoms with Crippen molar-refractivity contribution in [2.24, 2.45) is 0 Å². The van der Waals surface area contributed by atoms with Crippen LogP contribution in [-0.2, 0) is 5.41 Å². The molecule has 174 valence electrons. The lowest BCUT2D eigenvalue weighted by Gasteiger charge is -2.37. The first-order valence-electron chi connectivity index (χ1n) is 11.5. The van der Waals surface area contributed by atoms with Crippen molar-refractivity contribution >= 4 is 11.8 Å². The normalized spacial score (nSPS) is 14.3. The Balaban J connectivity index is 0.000000709. The van der Waals surface area contributed by atoms with Gasteiger partial charge in [-0.15, -0.1) is 0 Å². The number of para-hydroxylation sites is 1. The van der Waals surface area contributed by atoms with E-state index in [2.05, 4.69) is 108 Å². The smallest absolute Gasteiger partial charge is 0.450 e. The Kier molecular flexibility index (Phi) is 8.90. The molecule has 3 aromatic rings. The highest BCUT2D eigenvalue weighted by molar-refractivity contribution is 5.53. The van der Waals surface area contributed by atoms with E-state index in [4.69, 9.17) is 15.0 Å². The van der Waals surface area contributed by atoms with Gasteiger partial charge in [0, 0.05) is 37.3 Å². The molecule has 0 amide bonds. The molecule has 3 aromatic carbocycles. The first kappa shape index (κ1) is 24.3. The molecule has 0 aromatic heterocycles. The van der Waals surface area contributed by atoms with Gasteiger partial charge in [-0.1, -0.05) is 85.8 Å². The van der Waals surface area contributed by atoms with Crippen LogP contribution in [0.25, 0.3) is 0 Å². The molecule has 1 heterocycles. The number of anilines is 1. The molecule has 0 aliphatic carbocycles. The fourth-order valence-electron chi connectivity index (χ4n) is 4.59. The van der Waals surface area contributed by atoms with E-state index in [1.165, 1.54) is 36.2 Å². The molecule has 0 saturated carbocycles. The molecule has 0 atom stereocenters. The summed E-state index contributed by atoms with van der Waals surface area (Å²) in [6.07, 6.45) is 0.547. The van der Waals surface area contributed by atoms with E-state index in [1.54, 1.807) is 0 Å². The topological polar surface area (TPSA) is 64.0 Å². The summed E-state index contributed by atoms with van der Waals surface area (Å²) >= 11 is 0. The first-order chi connectivity index (χ1) is 16.0. The molecule has 4 rings (SSSR count). The van der Waals surface area contributed by atoms with E-state index < -0.39 is 6.16 Å². The van der Waals surface area contributed by atoms with Crippen molar-refractivity contribution in [1.82, 2.24) is 4.90 Å². The maximum atomic E-state index is 8.56. The van der Waals surface area contributed by atoms with Gasteiger partial charge in [-0.25, -0.2) is 4.79 Å². The molecule has 5 heteroatoms. The summed E-state index contributed by atoms with van der Waals surface area (Å²) in [5.41, 5.74) is 4.25. The van der Waals surface area contributed by atoms with Crippen LogP contribution in [0.2, 0.25) is 0 Å². The van der Waals surface area contributed by atoms with E-state index in [0.29, 0.717) is 0 Å². The van der Waals surface area contributed by atoms with Gasteiger partial charge >= 0.3 is 6.16 Å². The van der Waals surface area contributed by atoms with Crippen molar-refractivity contribution in [1.29, 1.82) is 0 Å². The van der Waals surface area contributed by atoms with E-state index in [1.807, 2.05) is 0 Å². The standard InChI is InChI=1S/C27H32N2.CH2O3/c1-27(24-12-5-2-6-13-24,25-14-7-3-8-15-25)18-11-19-28-20-22-29(23-21-28)26-16-9-4-10-17-26;2-1(3)4/h2-10,12-17H,11,18-23H2,1H3;(H2,2,3,4). The van der Waals surface area contributed by atoms with E-state index in [0.717, 1.165) is 26.2 Å². The Hall–Kier alpha value is -3.31. The summed E-state index contributed by atoms with van der Waals surface area (Å²) in [6, 6.07) is 32.8. The van der Waals surface area contributed by atoms with Crippen molar-refractivity contribution < 1.29 is 15.0 Å². The number of benzene rings is 3. The van der Waals surface area contributed by atoms with Gasteiger partial charge in [0.1, 0.15) is 0 Å². The largest absolute Gasteiger partial charge is 0.503 e. The van der Waals surface area contributed by atoms with Crippen LogP contribution in [0.3, 0.4) is 0 Å². The van der Waals surface area contributed by atoms with Crippen LogP contribution in [-0.4, -0.2) is 54.0 Å². The zero-order valence-electron chi connectivity index (χ0n) is 19.3. The number of carbonyl (C=O) groups is 1. The summed E-state index contributed by atoms with van der Waals surface area (Å²) < 4.78 is 0. The van der Waals surface area contributed by atoms with Crippen LogP contribution < -0.4 is 4.90 Å². The summed E-state index contributed by atoms with van der Waals surface area (Å²) in [7, 11) is 0. The maximum Gasteiger partial charge on any atom is 0.503 e. The van der Waals surface area contributed by atoms with E-state index >= 15 is 0 Å². The predicted molar refractivity (Wildman–Crippen MR) is 134 cm³/mol. The average molecular weight is 447 g/mol. The number of rotatable bonds is 7. The Bertz CT molecular complexity index is 913. The summed E-state index contributed by atoms with van der Waals surface area (Å²) in [6.45, 7) is 8.14. The number of hydrogen-bond donors (Lipinski definition) is 2. The Morgan fingerprint density at radius 3 is 1.64 bits per heavy atom. The third-order valence-corrected chi connectivity index (χ3v) is 6.47. The number of piperazine rings is 1. The third kappa shape index (κ3) is 7.09. The minimum absolute atomic E-state index is 0.0639. The Labute approximate surface area is 196 Å². The van der Waals surface area contributed by atoms with Gasteiger partial charge in [0.2, 0.25) is 0 Å². The van der Waals surface area contributed by atoms with E-state index in [-0.39, 0.29) is 5.41 Å². The molecule has 2 N–H and O–H groups in total. The third-order valence-electron chi connectivity index (χ3n) is 6.47. The number of hydrogen-bond acceptors (Lipinski definition) is 3. The van der Waals surface area contributed by atoms with Crippen molar-refractivity contribution in [3.8, 4) is 0 Å². The monoisotopic (exact) mass is 446 g/mol. The Morgan fingerprint density at radius 1 is 0.758 bits per heavy atom. The highest BCUT2D eigenvalue weighted by Gasteiger charge is 2.28. The molecule has 1 fully saturated rings. The van der Waals surface area contributed by atoms with Crippen molar-refractivity contribution in [2.75, 3.05) is 37.6 Å². The molecular weight excluding hydrogens is 412 g/mol. The van der Waals surface area contributed by atoms with Gasteiger partial charge in [0.15, 0.2) is 0 Å². The molecular formula is C28H34N2O3. The van der Waals surface area contributed by atoms with Crippen LogP contribution in [0.1, 0.15) is 30.9 Å². The molecule has 1 saturated heterocycles. The number of carboxylic acid groups (broad SMARTS) is 2. The van der Waals surface area contributed by atoms with Crippen LogP contribution in [0.4, 0.5) is 10.5 Å². The van der Waals surface area contributed by atoms with Gasteiger partial charge < -0.3 is 15.1 Å². The second kappa shape index (κ2) is 12.1. The average Bonchev–Trinajstić information content (AvgIpc) is 2.86. The minimum Gasteiger partial charge on any atom is -0.450 e. The highest BCUT2D eigenvalue weighted by atomic mass is 16.6. The van der Waals surface area contributed by atoms with Gasteiger partial charge in [-0.3, -0.25) is 4.90 Å². The SMILES string of the molecule is CC(CCCN1CCN(c2ccccc2)CC1)(c1ccccc1)c1ccccc1.O=C(O)O. The van der Waals surface area contributed by atoms with Crippen molar-refractivity contribution in [2.45, 2.75) is 25.2 Å². The zero-order valence-corrected chi connectivity index (χ0v) is 19.3. The van der Waals surface area contributed by atoms with Crippen molar-refractivity contribution in [3.63, 3.8) is 0 Å². The Morgan fingerprint density at radius 2 is 1.18 bits per heavy atom. The lowest BCUT2D eigenvalue weighted by molar-refractivity contribution is 0.137. The highest BCUT2D eigenvalue weighted by Crippen LogP contribution is 2.36. The molecule has 1 aliphatic rings. The lowest BCUT2D eigenvalue weighted by atomic mass is 9.73. The minimum atomic E-state index is -1.83. The fraction of sp³-hybridized carbons (Fsp3) is 0.321. The maximum absolute atomic E-state index is 8.56. The first-order valence-corrected chi connectivity index (χ1v) is 11.5. The molecule has 1 aliphatic heterocycles. The molecule has 5 nitrogen and oxygen atoms in total. The van der Waals surface area contributed by atoms with Crippen LogP contribution >= 0.6 is 0 Å². The van der Waals surface area contributed by atoms with Gasteiger partial charge in [-0.05, 0) is 42.6 Å². The second-order valence-corrected chi connectivity index (χ2v) is 8.61. The zero-order chi connectivity index (χ0) is 23.5. The summed E-state index contributed by atoms with van der Waals surface area (Å²) in [4.78, 5) is 13.7. The van der Waals surface area contributed by atoms with Crippen LogP contribution in [0, 0.1) is 0 Å². The predicted octanol–water partition coefficient (Wildman–Crippen LogP) is 5.82. The van der Waals surface area contributed by atoms with Crippen LogP contribution in [0.5, 0.6) is 0 Å². The lowest BCUT2D eigenvalue weighted by Crippen LogP contribution is -2.46. The molecule has 33 heavy (non-hydrogen) atoms. The summed E-state index contributed by atoms with van der Waals surface area (Å²) in [5, 5.41) is 13.9. The van der Waals surface area contributed by atoms with Crippen molar-refractivity contribution in [3.05, 3.63) is 102 Å². The van der Waals surface area contributed by atoms with E-state index in [9.17, 15) is 0 Å². The molecule has 0 radical (unpaired) electrons. The number of nitrogens with zero attached hydrogens (tertiary/aromatic N) is 2.